The highest BCUT2D eigenvalue weighted by atomic mass is 35.5. The van der Waals surface area contributed by atoms with E-state index in [2.05, 4.69) is 10.2 Å². The molecular weight excluding hydrogens is 343 g/mol. The average Bonchev–Trinajstić information content (AvgIpc) is 2.41. The van der Waals surface area contributed by atoms with Crippen LogP contribution < -0.4 is 5.32 Å². The van der Waals surface area contributed by atoms with E-state index in [1.807, 2.05) is 6.92 Å². The molecule has 1 aliphatic rings. The Bertz CT molecular complexity index is 463. The summed E-state index contributed by atoms with van der Waals surface area (Å²) in [5.41, 5.74) is -0.587. The molecule has 1 atom stereocenters. The van der Waals surface area contributed by atoms with Crippen LogP contribution >= 0.6 is 24.8 Å². The molecule has 0 radical (unpaired) electrons. The molecule has 0 bridgehead atoms. The van der Waals surface area contributed by atoms with Gasteiger partial charge in [0.1, 0.15) is 5.82 Å². The van der Waals surface area contributed by atoms with Gasteiger partial charge in [0.25, 0.3) is 0 Å². The molecule has 1 N–H and O–H groups in total. The number of halogens is 6. The van der Waals surface area contributed by atoms with E-state index in [1.165, 1.54) is 6.07 Å². The van der Waals surface area contributed by atoms with Gasteiger partial charge in [0.15, 0.2) is 0 Å². The summed E-state index contributed by atoms with van der Waals surface area (Å²) < 4.78 is 51.7. The number of benzene rings is 1. The maximum absolute atomic E-state index is 14.0. The van der Waals surface area contributed by atoms with Gasteiger partial charge in [-0.25, -0.2) is 4.39 Å². The zero-order valence-corrected chi connectivity index (χ0v) is 13.8. The van der Waals surface area contributed by atoms with Crippen molar-refractivity contribution in [2.75, 3.05) is 26.2 Å². The van der Waals surface area contributed by atoms with Crippen molar-refractivity contribution < 1.29 is 17.6 Å². The van der Waals surface area contributed by atoms with E-state index in [1.54, 1.807) is 0 Å². The van der Waals surface area contributed by atoms with Gasteiger partial charge in [-0.05, 0) is 18.6 Å². The van der Waals surface area contributed by atoms with Crippen LogP contribution in [0.25, 0.3) is 0 Å². The zero-order chi connectivity index (χ0) is 14.8. The fourth-order valence-electron chi connectivity index (χ4n) is 2.64. The number of alkyl halides is 3. The van der Waals surface area contributed by atoms with Crippen LogP contribution in [0.15, 0.2) is 18.2 Å². The maximum atomic E-state index is 14.0. The molecule has 1 heterocycles. The van der Waals surface area contributed by atoms with E-state index in [9.17, 15) is 17.6 Å². The first-order chi connectivity index (χ1) is 9.43. The van der Waals surface area contributed by atoms with E-state index in [-0.39, 0.29) is 30.9 Å². The fraction of sp³-hybridized carbons (Fsp3) is 0.571. The van der Waals surface area contributed by atoms with Gasteiger partial charge in [-0.2, -0.15) is 13.2 Å². The molecule has 0 spiro atoms. The molecule has 0 unspecified atom stereocenters. The minimum atomic E-state index is -4.50. The molecule has 0 aliphatic carbocycles. The molecule has 128 valence electrons. The number of nitrogens with one attached hydrogen (secondary N) is 1. The fourth-order valence-corrected chi connectivity index (χ4v) is 2.64. The van der Waals surface area contributed by atoms with Crippen LogP contribution in [0.1, 0.15) is 30.5 Å². The van der Waals surface area contributed by atoms with Crippen molar-refractivity contribution in [1.29, 1.82) is 0 Å². The summed E-state index contributed by atoms with van der Waals surface area (Å²) in [5, 5.41) is 3.20. The lowest BCUT2D eigenvalue weighted by molar-refractivity contribution is -0.137. The molecule has 0 aromatic heterocycles. The molecule has 22 heavy (non-hydrogen) atoms. The number of hydrogen-bond acceptors (Lipinski definition) is 2. The van der Waals surface area contributed by atoms with Gasteiger partial charge in [-0.1, -0.05) is 13.0 Å². The first kappa shape index (κ1) is 21.4. The normalized spacial score (nSPS) is 17.3. The Labute approximate surface area is 140 Å². The Balaban J connectivity index is 0.00000220. The second-order valence-electron chi connectivity index (χ2n) is 4.94. The monoisotopic (exact) mass is 362 g/mol. The van der Waals surface area contributed by atoms with Crippen LogP contribution in [0.5, 0.6) is 0 Å². The van der Waals surface area contributed by atoms with Crippen molar-refractivity contribution in [2.45, 2.75) is 25.6 Å². The molecule has 1 aliphatic heterocycles. The highest BCUT2D eigenvalue weighted by molar-refractivity contribution is 5.85. The maximum Gasteiger partial charge on any atom is 0.416 e. The first-order valence-corrected chi connectivity index (χ1v) is 6.75. The van der Waals surface area contributed by atoms with Gasteiger partial charge in [0.05, 0.1) is 5.56 Å². The van der Waals surface area contributed by atoms with Gasteiger partial charge in [-0.3, -0.25) is 4.90 Å². The Hall–Kier alpha value is -0.560. The summed E-state index contributed by atoms with van der Waals surface area (Å²) in [6, 6.07) is 2.66. The molecule has 1 saturated heterocycles. The molecule has 2 nitrogen and oxygen atoms in total. The van der Waals surface area contributed by atoms with Gasteiger partial charge in [0, 0.05) is 37.8 Å². The molecule has 0 saturated carbocycles. The van der Waals surface area contributed by atoms with E-state index in [4.69, 9.17) is 0 Å². The van der Waals surface area contributed by atoms with Crippen molar-refractivity contribution in [2.24, 2.45) is 0 Å². The lowest BCUT2D eigenvalue weighted by Gasteiger charge is -2.35. The standard InChI is InChI=1S/C14H18F4N2.2ClH/c1-2-13(20-7-5-19-6-8-20)11-4-3-10(9-12(11)15)14(16,17)18;;/h3-4,9,13,19H,2,5-8H2,1H3;2*1H/t13-;;/m1../s1. The second-order valence-corrected chi connectivity index (χ2v) is 4.94. The summed E-state index contributed by atoms with van der Waals surface area (Å²) in [7, 11) is 0. The van der Waals surface area contributed by atoms with Crippen molar-refractivity contribution in [1.82, 2.24) is 10.2 Å². The molecule has 2 rings (SSSR count). The molecule has 0 amide bonds. The predicted octanol–water partition coefficient (Wildman–Crippen LogP) is 4.04. The highest BCUT2D eigenvalue weighted by Crippen LogP contribution is 2.33. The topological polar surface area (TPSA) is 15.3 Å². The summed E-state index contributed by atoms with van der Waals surface area (Å²) in [6.07, 6.45) is -3.83. The predicted molar refractivity (Wildman–Crippen MR) is 83.4 cm³/mol. The van der Waals surface area contributed by atoms with Crippen molar-refractivity contribution in [3.8, 4) is 0 Å². The minimum Gasteiger partial charge on any atom is -0.314 e. The Morgan fingerprint density at radius 2 is 1.77 bits per heavy atom. The van der Waals surface area contributed by atoms with E-state index in [0.717, 1.165) is 32.2 Å². The van der Waals surface area contributed by atoms with Crippen molar-refractivity contribution in [3.05, 3.63) is 35.1 Å². The Kier molecular flexibility index (Phi) is 8.69. The summed E-state index contributed by atoms with van der Waals surface area (Å²) in [5.74, 6) is -0.773. The zero-order valence-electron chi connectivity index (χ0n) is 12.1. The third-order valence-electron chi connectivity index (χ3n) is 3.67. The van der Waals surface area contributed by atoms with E-state index in [0.29, 0.717) is 18.1 Å². The van der Waals surface area contributed by atoms with Gasteiger partial charge < -0.3 is 5.32 Å². The highest BCUT2D eigenvalue weighted by Gasteiger charge is 2.32. The molecule has 1 fully saturated rings. The average molecular weight is 363 g/mol. The van der Waals surface area contributed by atoms with Crippen LogP contribution in [0.4, 0.5) is 17.6 Å². The van der Waals surface area contributed by atoms with Crippen LogP contribution in [-0.2, 0) is 6.18 Å². The van der Waals surface area contributed by atoms with E-state index < -0.39 is 17.6 Å². The van der Waals surface area contributed by atoms with Crippen LogP contribution in [0.3, 0.4) is 0 Å². The second kappa shape index (κ2) is 8.91. The molecule has 1 aromatic carbocycles. The first-order valence-electron chi connectivity index (χ1n) is 6.75. The van der Waals surface area contributed by atoms with Gasteiger partial charge in [0.2, 0.25) is 0 Å². The van der Waals surface area contributed by atoms with Crippen LogP contribution in [0.2, 0.25) is 0 Å². The SMILES string of the molecule is CC[C@H](c1ccc(C(F)(F)F)cc1F)N1CCNCC1.Cl.Cl. The Morgan fingerprint density at radius 1 is 1.18 bits per heavy atom. The third kappa shape index (κ3) is 4.98. The number of piperazine rings is 1. The lowest BCUT2D eigenvalue weighted by Crippen LogP contribution is -2.45. The molecule has 1 aromatic rings. The van der Waals surface area contributed by atoms with Crippen LogP contribution in [-0.4, -0.2) is 31.1 Å². The van der Waals surface area contributed by atoms with Crippen molar-refractivity contribution in [3.63, 3.8) is 0 Å². The quantitative estimate of drug-likeness (QED) is 0.816. The summed E-state index contributed by atoms with van der Waals surface area (Å²) >= 11 is 0. The van der Waals surface area contributed by atoms with Gasteiger partial charge in [-0.15, -0.1) is 24.8 Å². The van der Waals surface area contributed by atoms with E-state index >= 15 is 0 Å². The molecular formula is C14H20Cl2F4N2. The number of nitrogens with zero attached hydrogens (tertiary/aromatic N) is 1. The third-order valence-corrected chi connectivity index (χ3v) is 3.67. The summed E-state index contributed by atoms with van der Waals surface area (Å²) in [4.78, 5) is 2.11. The van der Waals surface area contributed by atoms with Crippen LogP contribution in [0, 0.1) is 5.82 Å². The number of rotatable bonds is 3. The minimum absolute atomic E-state index is 0. The lowest BCUT2D eigenvalue weighted by atomic mass is 9.99. The van der Waals surface area contributed by atoms with Crippen molar-refractivity contribution >= 4 is 24.8 Å². The van der Waals surface area contributed by atoms with Gasteiger partial charge >= 0.3 is 6.18 Å². The molecule has 8 heteroatoms. The summed E-state index contributed by atoms with van der Waals surface area (Å²) in [6.45, 7) is 5.11. The number of hydrogen-bond donors (Lipinski definition) is 1. The largest absolute Gasteiger partial charge is 0.416 e. The smallest absolute Gasteiger partial charge is 0.314 e. The Morgan fingerprint density at radius 3 is 2.23 bits per heavy atom.